The van der Waals surface area contributed by atoms with E-state index in [1.54, 1.807) is 0 Å². The maximum Gasteiger partial charge on any atom is 0.286 e. The summed E-state index contributed by atoms with van der Waals surface area (Å²) in [7, 11) is 0. The highest BCUT2D eigenvalue weighted by Gasteiger charge is 2.38. The fourth-order valence-corrected chi connectivity index (χ4v) is 3.74. The van der Waals surface area contributed by atoms with Crippen LogP contribution in [0.25, 0.3) is 0 Å². The molecule has 1 atom stereocenters. The van der Waals surface area contributed by atoms with Gasteiger partial charge in [0.05, 0.1) is 11.6 Å². The summed E-state index contributed by atoms with van der Waals surface area (Å²) in [4.78, 5) is 25.6. The minimum Gasteiger partial charge on any atom is -0.408 e. The van der Waals surface area contributed by atoms with Crippen molar-refractivity contribution in [3.63, 3.8) is 0 Å². The number of nitrogens with two attached hydrogens (primary N) is 1. The van der Waals surface area contributed by atoms with Crippen molar-refractivity contribution in [3.05, 3.63) is 5.89 Å². The van der Waals surface area contributed by atoms with E-state index in [0.29, 0.717) is 24.5 Å². The van der Waals surface area contributed by atoms with Crippen molar-refractivity contribution >= 4 is 23.5 Å². The SMILES string of the molecule is CC(C)C[C@H](NC(=O)C1(N)CCCCC1)C(=O)c1nnc(SC(C)C)o1. The first-order valence-electron chi connectivity index (χ1n) is 9.35. The number of amides is 1. The van der Waals surface area contributed by atoms with Gasteiger partial charge in [0, 0.05) is 5.25 Å². The smallest absolute Gasteiger partial charge is 0.286 e. The molecule has 0 spiro atoms. The van der Waals surface area contributed by atoms with Crippen LogP contribution in [0.15, 0.2) is 9.64 Å². The lowest BCUT2D eigenvalue weighted by molar-refractivity contribution is -0.128. The average Bonchev–Trinajstić information content (AvgIpc) is 3.01. The van der Waals surface area contributed by atoms with E-state index < -0.39 is 11.6 Å². The monoisotopic (exact) mass is 382 g/mol. The zero-order valence-corrected chi connectivity index (χ0v) is 16.9. The van der Waals surface area contributed by atoms with Gasteiger partial charge in [-0.1, -0.05) is 58.7 Å². The zero-order valence-electron chi connectivity index (χ0n) is 16.1. The molecule has 1 aliphatic rings. The highest BCUT2D eigenvalue weighted by Crippen LogP contribution is 2.27. The number of carbonyl (C=O) groups is 2. The lowest BCUT2D eigenvalue weighted by Crippen LogP contribution is -2.58. The number of thioether (sulfide) groups is 1. The van der Waals surface area contributed by atoms with Gasteiger partial charge in [0.1, 0.15) is 0 Å². The molecule has 8 heteroatoms. The summed E-state index contributed by atoms with van der Waals surface area (Å²) in [6.45, 7) is 8.00. The van der Waals surface area contributed by atoms with Gasteiger partial charge in [-0.05, 0) is 25.2 Å². The molecular formula is C18H30N4O3S. The fourth-order valence-electron chi connectivity index (χ4n) is 3.12. The predicted octanol–water partition coefficient (Wildman–Crippen LogP) is 2.95. The number of Topliss-reactive ketones (excluding diaryl/α,β-unsaturated/α-hetero) is 1. The maximum atomic E-state index is 12.8. The molecule has 0 unspecified atom stereocenters. The molecule has 1 aliphatic carbocycles. The second-order valence-corrected chi connectivity index (χ2v) is 9.30. The summed E-state index contributed by atoms with van der Waals surface area (Å²) in [5.74, 6) is -0.451. The normalized spacial score (nSPS) is 18.1. The summed E-state index contributed by atoms with van der Waals surface area (Å²) in [6.07, 6.45) is 4.77. The Hall–Kier alpha value is -1.41. The maximum absolute atomic E-state index is 12.8. The number of nitrogens with zero attached hydrogens (tertiary/aromatic N) is 2. The van der Waals surface area contributed by atoms with Gasteiger partial charge in [0.25, 0.3) is 11.1 Å². The number of ketones is 1. The summed E-state index contributed by atoms with van der Waals surface area (Å²) in [5, 5.41) is 11.3. The van der Waals surface area contributed by atoms with Crippen LogP contribution in [0.1, 0.15) is 76.9 Å². The Bertz CT molecular complexity index is 624. The van der Waals surface area contributed by atoms with Crippen LogP contribution < -0.4 is 11.1 Å². The highest BCUT2D eigenvalue weighted by molar-refractivity contribution is 7.99. The highest BCUT2D eigenvalue weighted by atomic mass is 32.2. The first-order chi connectivity index (χ1) is 12.2. The van der Waals surface area contributed by atoms with Crippen LogP contribution in [0.5, 0.6) is 0 Å². The second-order valence-electron chi connectivity index (χ2n) is 7.78. The molecule has 3 N–H and O–H groups in total. The van der Waals surface area contributed by atoms with Crippen molar-refractivity contribution < 1.29 is 14.0 Å². The van der Waals surface area contributed by atoms with Crippen LogP contribution in [0.3, 0.4) is 0 Å². The molecule has 1 saturated carbocycles. The van der Waals surface area contributed by atoms with E-state index in [9.17, 15) is 9.59 Å². The molecule has 0 aliphatic heterocycles. The molecule has 1 heterocycles. The standard InChI is InChI=1S/C18H30N4O3S/c1-11(2)10-13(20-16(24)18(19)8-6-5-7-9-18)14(23)15-21-22-17(25-15)26-12(3)4/h11-13H,5-10,19H2,1-4H3,(H,20,24)/t13-/m0/s1. The van der Waals surface area contributed by atoms with Gasteiger partial charge < -0.3 is 15.5 Å². The van der Waals surface area contributed by atoms with E-state index in [2.05, 4.69) is 15.5 Å². The van der Waals surface area contributed by atoms with Crippen molar-refractivity contribution in [3.8, 4) is 0 Å². The van der Waals surface area contributed by atoms with Crippen LogP contribution in [-0.4, -0.2) is 38.7 Å². The number of rotatable bonds is 8. The molecule has 1 amide bonds. The molecule has 1 aromatic heterocycles. The van der Waals surface area contributed by atoms with Crippen molar-refractivity contribution in [1.82, 2.24) is 15.5 Å². The molecule has 1 aromatic rings. The Balaban J connectivity index is 2.11. The van der Waals surface area contributed by atoms with Crippen molar-refractivity contribution in [1.29, 1.82) is 0 Å². The van der Waals surface area contributed by atoms with Gasteiger partial charge in [-0.2, -0.15) is 0 Å². The Kier molecular flexibility index (Phi) is 7.23. The average molecular weight is 383 g/mol. The molecule has 7 nitrogen and oxygen atoms in total. The minimum absolute atomic E-state index is 0.0613. The van der Waals surface area contributed by atoms with Crippen molar-refractivity contribution in [2.45, 2.75) is 88.3 Å². The predicted molar refractivity (Wildman–Crippen MR) is 101 cm³/mol. The van der Waals surface area contributed by atoms with Crippen LogP contribution in [0.4, 0.5) is 0 Å². The summed E-state index contributed by atoms with van der Waals surface area (Å²) >= 11 is 1.40. The molecule has 0 bridgehead atoms. The summed E-state index contributed by atoms with van der Waals surface area (Å²) in [5.41, 5.74) is 5.41. The van der Waals surface area contributed by atoms with E-state index in [1.807, 2.05) is 27.7 Å². The Morgan fingerprint density at radius 3 is 2.42 bits per heavy atom. The number of aromatic nitrogens is 2. The molecule has 0 aromatic carbocycles. The molecule has 26 heavy (non-hydrogen) atoms. The van der Waals surface area contributed by atoms with Gasteiger partial charge in [-0.3, -0.25) is 9.59 Å². The Labute approximate surface area is 159 Å². The number of carbonyl (C=O) groups excluding carboxylic acids is 2. The number of hydrogen-bond donors (Lipinski definition) is 2. The largest absolute Gasteiger partial charge is 0.408 e. The topological polar surface area (TPSA) is 111 Å². The molecule has 0 radical (unpaired) electrons. The first-order valence-corrected chi connectivity index (χ1v) is 10.2. The zero-order chi connectivity index (χ0) is 19.3. The van der Waals surface area contributed by atoms with Gasteiger partial charge in [-0.15, -0.1) is 10.2 Å². The van der Waals surface area contributed by atoms with Gasteiger partial charge in [-0.25, -0.2) is 0 Å². The van der Waals surface area contributed by atoms with Gasteiger partial charge in [0.15, 0.2) is 0 Å². The quantitative estimate of drug-likeness (QED) is 0.525. The van der Waals surface area contributed by atoms with Crippen molar-refractivity contribution in [2.24, 2.45) is 11.7 Å². The van der Waals surface area contributed by atoms with Gasteiger partial charge >= 0.3 is 0 Å². The van der Waals surface area contributed by atoms with Gasteiger partial charge in [0.2, 0.25) is 11.7 Å². The fraction of sp³-hybridized carbons (Fsp3) is 0.778. The van der Waals surface area contributed by atoms with E-state index in [0.717, 1.165) is 19.3 Å². The molecular weight excluding hydrogens is 352 g/mol. The minimum atomic E-state index is -0.888. The van der Waals surface area contributed by atoms with E-state index in [4.69, 9.17) is 10.2 Å². The van der Waals surface area contributed by atoms with E-state index >= 15 is 0 Å². The van der Waals surface area contributed by atoms with Crippen LogP contribution in [-0.2, 0) is 4.79 Å². The van der Waals surface area contributed by atoms with Crippen molar-refractivity contribution in [2.75, 3.05) is 0 Å². The molecule has 1 fully saturated rings. The Morgan fingerprint density at radius 1 is 1.19 bits per heavy atom. The van der Waals surface area contributed by atoms with Crippen LogP contribution >= 0.6 is 11.8 Å². The third-order valence-corrected chi connectivity index (χ3v) is 5.32. The summed E-state index contributed by atoms with van der Waals surface area (Å²) in [6, 6.07) is -0.706. The lowest BCUT2D eigenvalue weighted by Gasteiger charge is -2.33. The number of hydrogen-bond acceptors (Lipinski definition) is 7. The molecule has 146 valence electrons. The second kappa shape index (κ2) is 8.99. The Morgan fingerprint density at radius 2 is 1.85 bits per heavy atom. The third-order valence-electron chi connectivity index (χ3n) is 4.48. The lowest BCUT2D eigenvalue weighted by atomic mass is 9.81. The first kappa shape index (κ1) is 20.9. The van der Waals surface area contributed by atoms with Crippen LogP contribution in [0.2, 0.25) is 0 Å². The molecule has 2 rings (SSSR count). The third kappa shape index (κ3) is 5.54. The molecule has 0 saturated heterocycles. The van der Waals surface area contributed by atoms with E-state index in [1.165, 1.54) is 11.8 Å². The van der Waals surface area contributed by atoms with E-state index in [-0.39, 0.29) is 28.7 Å². The summed E-state index contributed by atoms with van der Waals surface area (Å²) < 4.78 is 5.48. The number of nitrogens with one attached hydrogen (secondary N) is 1. The van der Waals surface area contributed by atoms with Crippen LogP contribution in [0, 0.1) is 5.92 Å².